The highest BCUT2D eigenvalue weighted by Crippen LogP contribution is 2.17. The molecule has 0 aliphatic carbocycles. The number of rotatable bonds is 8. The van der Waals surface area contributed by atoms with Gasteiger partial charge < -0.3 is 14.8 Å². The van der Waals surface area contributed by atoms with Gasteiger partial charge in [0.25, 0.3) is 5.91 Å². The Labute approximate surface area is 163 Å². The summed E-state index contributed by atoms with van der Waals surface area (Å²) < 4.78 is 32.6. The Balaban J connectivity index is 2.02. The molecule has 0 bridgehead atoms. The lowest BCUT2D eigenvalue weighted by atomic mass is 10.1. The van der Waals surface area contributed by atoms with Gasteiger partial charge in [-0.1, -0.05) is 18.2 Å². The van der Waals surface area contributed by atoms with E-state index in [1.54, 1.807) is 42.5 Å². The first-order valence-corrected chi connectivity index (χ1v) is 10.4. The van der Waals surface area contributed by atoms with Crippen LogP contribution in [0.1, 0.15) is 15.9 Å². The highest BCUT2D eigenvalue weighted by atomic mass is 32.2. The Morgan fingerprint density at radius 3 is 2.32 bits per heavy atom. The van der Waals surface area contributed by atoms with Gasteiger partial charge in [0.15, 0.2) is 9.84 Å². The number of carbonyl (C=O) groups is 2. The Morgan fingerprint density at radius 1 is 0.964 bits per heavy atom. The minimum Gasteiger partial charge on any atom is -0.447 e. The van der Waals surface area contributed by atoms with Gasteiger partial charge in [-0.2, -0.15) is 0 Å². The molecule has 0 radical (unpaired) electrons. The SMILES string of the molecule is COCCOC(=O)Nc1cccc(NC(=O)c2cccc(CS(C)(=O)=O)c2)c1. The Morgan fingerprint density at radius 2 is 1.64 bits per heavy atom. The summed E-state index contributed by atoms with van der Waals surface area (Å²) in [6.07, 6.45) is 0.507. The van der Waals surface area contributed by atoms with E-state index >= 15 is 0 Å². The number of benzene rings is 2. The standard InChI is InChI=1S/C19H22N2O6S/c1-26-9-10-27-19(23)21-17-8-4-7-16(12-17)20-18(22)15-6-3-5-14(11-15)13-28(2,24)25/h3-8,11-12H,9-10,13H2,1-2H3,(H,20,22)(H,21,23). The van der Waals surface area contributed by atoms with Crippen LogP contribution in [-0.2, 0) is 25.1 Å². The molecule has 0 aliphatic rings. The summed E-state index contributed by atoms with van der Waals surface area (Å²) >= 11 is 0. The highest BCUT2D eigenvalue weighted by molar-refractivity contribution is 7.89. The van der Waals surface area contributed by atoms with E-state index in [1.165, 1.54) is 13.2 Å². The lowest BCUT2D eigenvalue weighted by molar-refractivity contribution is 0.102. The molecular weight excluding hydrogens is 384 g/mol. The van der Waals surface area contributed by atoms with E-state index in [9.17, 15) is 18.0 Å². The normalized spacial score (nSPS) is 10.9. The number of anilines is 2. The van der Waals surface area contributed by atoms with Crippen LogP contribution in [0.2, 0.25) is 0 Å². The lowest BCUT2D eigenvalue weighted by Gasteiger charge is -2.10. The molecule has 0 unspecified atom stereocenters. The first kappa shape index (κ1) is 21.4. The largest absolute Gasteiger partial charge is 0.447 e. The molecule has 2 amide bonds. The third-order valence-electron chi connectivity index (χ3n) is 3.51. The van der Waals surface area contributed by atoms with Crippen LogP contribution in [0.4, 0.5) is 16.2 Å². The van der Waals surface area contributed by atoms with Crippen molar-refractivity contribution >= 4 is 33.2 Å². The zero-order valence-electron chi connectivity index (χ0n) is 15.6. The van der Waals surface area contributed by atoms with Crippen molar-refractivity contribution in [3.05, 3.63) is 59.7 Å². The molecule has 0 fully saturated rings. The number of methoxy groups -OCH3 is 1. The van der Waals surface area contributed by atoms with Gasteiger partial charge in [-0.25, -0.2) is 13.2 Å². The van der Waals surface area contributed by atoms with Crippen LogP contribution in [0.25, 0.3) is 0 Å². The van der Waals surface area contributed by atoms with Gasteiger partial charge in [-0.15, -0.1) is 0 Å². The van der Waals surface area contributed by atoms with Crippen LogP contribution >= 0.6 is 0 Å². The number of amides is 2. The van der Waals surface area contributed by atoms with Gasteiger partial charge in [-0.05, 0) is 35.9 Å². The zero-order valence-corrected chi connectivity index (χ0v) is 16.4. The summed E-state index contributed by atoms with van der Waals surface area (Å²) in [6, 6.07) is 13.0. The smallest absolute Gasteiger partial charge is 0.411 e. The minimum atomic E-state index is -3.20. The van der Waals surface area contributed by atoms with Crippen molar-refractivity contribution in [1.29, 1.82) is 0 Å². The fourth-order valence-electron chi connectivity index (χ4n) is 2.35. The second-order valence-electron chi connectivity index (χ2n) is 6.06. The van der Waals surface area contributed by atoms with E-state index in [4.69, 9.17) is 9.47 Å². The van der Waals surface area contributed by atoms with E-state index in [0.29, 0.717) is 29.1 Å². The number of carbonyl (C=O) groups excluding carboxylic acids is 2. The second kappa shape index (κ2) is 9.86. The highest BCUT2D eigenvalue weighted by Gasteiger charge is 2.11. The average molecular weight is 406 g/mol. The quantitative estimate of drug-likeness (QED) is 0.652. The molecular formula is C19H22N2O6S. The van der Waals surface area contributed by atoms with Gasteiger partial charge in [0.2, 0.25) is 0 Å². The van der Waals surface area contributed by atoms with Gasteiger partial charge in [0.1, 0.15) is 6.61 Å². The van der Waals surface area contributed by atoms with Crippen LogP contribution < -0.4 is 10.6 Å². The van der Waals surface area contributed by atoms with Gasteiger partial charge in [-0.3, -0.25) is 10.1 Å². The fraction of sp³-hybridized carbons (Fsp3) is 0.263. The summed E-state index contributed by atoms with van der Waals surface area (Å²) in [6.45, 7) is 0.421. The van der Waals surface area contributed by atoms with E-state index in [-0.39, 0.29) is 12.4 Å². The maximum Gasteiger partial charge on any atom is 0.411 e. The Hall–Kier alpha value is -2.91. The molecule has 0 aromatic heterocycles. The van der Waals surface area contributed by atoms with E-state index in [0.717, 1.165) is 6.26 Å². The predicted molar refractivity (Wildman–Crippen MR) is 106 cm³/mol. The number of hydrogen-bond donors (Lipinski definition) is 2. The van der Waals surface area contributed by atoms with E-state index in [1.807, 2.05) is 0 Å². The molecule has 0 atom stereocenters. The van der Waals surface area contributed by atoms with Crippen molar-refractivity contribution in [3.63, 3.8) is 0 Å². The molecule has 0 saturated heterocycles. The minimum absolute atomic E-state index is 0.128. The van der Waals surface area contributed by atoms with E-state index in [2.05, 4.69) is 10.6 Å². The van der Waals surface area contributed by atoms with Gasteiger partial charge in [0, 0.05) is 30.3 Å². The van der Waals surface area contributed by atoms with Crippen molar-refractivity contribution in [2.75, 3.05) is 37.2 Å². The van der Waals surface area contributed by atoms with Crippen molar-refractivity contribution < 1.29 is 27.5 Å². The fourth-order valence-corrected chi connectivity index (χ4v) is 3.14. The first-order chi connectivity index (χ1) is 13.3. The molecule has 0 aliphatic heterocycles. The van der Waals surface area contributed by atoms with Crippen molar-refractivity contribution in [1.82, 2.24) is 0 Å². The molecule has 2 rings (SSSR count). The van der Waals surface area contributed by atoms with Crippen LogP contribution in [-0.4, -0.2) is 47.0 Å². The topological polar surface area (TPSA) is 111 Å². The third kappa shape index (κ3) is 7.37. The van der Waals surface area contributed by atoms with Crippen molar-refractivity contribution in [3.8, 4) is 0 Å². The summed E-state index contributed by atoms with van der Waals surface area (Å²) in [7, 11) is -1.69. The van der Waals surface area contributed by atoms with Crippen LogP contribution in [0.5, 0.6) is 0 Å². The third-order valence-corrected chi connectivity index (χ3v) is 4.36. The molecule has 2 aromatic carbocycles. The Kier molecular flexibility index (Phi) is 7.53. The number of nitrogens with one attached hydrogen (secondary N) is 2. The predicted octanol–water partition coefficient (Wildman–Crippen LogP) is 2.68. The summed E-state index contributed by atoms with van der Waals surface area (Å²) in [5.74, 6) is -0.534. The molecule has 2 N–H and O–H groups in total. The Bertz CT molecular complexity index is 943. The maximum atomic E-state index is 12.5. The zero-order chi connectivity index (χ0) is 20.6. The molecule has 0 heterocycles. The summed E-state index contributed by atoms with van der Waals surface area (Å²) in [5.41, 5.74) is 1.78. The van der Waals surface area contributed by atoms with Crippen molar-refractivity contribution in [2.24, 2.45) is 0 Å². The number of ether oxygens (including phenoxy) is 2. The number of hydrogen-bond acceptors (Lipinski definition) is 6. The van der Waals surface area contributed by atoms with Crippen molar-refractivity contribution in [2.45, 2.75) is 5.75 Å². The lowest BCUT2D eigenvalue weighted by Crippen LogP contribution is -2.17. The molecule has 0 saturated carbocycles. The van der Waals surface area contributed by atoms with Crippen LogP contribution in [0.3, 0.4) is 0 Å². The monoisotopic (exact) mass is 406 g/mol. The summed E-state index contributed by atoms with van der Waals surface area (Å²) in [5, 5.41) is 5.27. The van der Waals surface area contributed by atoms with Crippen LogP contribution in [0, 0.1) is 0 Å². The first-order valence-electron chi connectivity index (χ1n) is 8.37. The van der Waals surface area contributed by atoms with Crippen LogP contribution in [0.15, 0.2) is 48.5 Å². The average Bonchev–Trinajstić information content (AvgIpc) is 2.61. The molecule has 2 aromatic rings. The van der Waals surface area contributed by atoms with Gasteiger partial charge in [0.05, 0.1) is 12.4 Å². The van der Waals surface area contributed by atoms with E-state index < -0.39 is 21.8 Å². The molecule has 9 heteroatoms. The number of sulfone groups is 1. The maximum absolute atomic E-state index is 12.5. The molecule has 150 valence electrons. The molecule has 28 heavy (non-hydrogen) atoms. The second-order valence-corrected chi connectivity index (χ2v) is 8.20. The molecule has 0 spiro atoms. The summed E-state index contributed by atoms with van der Waals surface area (Å²) in [4.78, 5) is 24.1. The van der Waals surface area contributed by atoms with Gasteiger partial charge >= 0.3 is 6.09 Å². The molecule has 8 nitrogen and oxygen atoms in total.